The number of hydrogen-bond donors (Lipinski definition) is 3. The number of benzene rings is 2. The van der Waals surface area contributed by atoms with Crippen LogP contribution in [0, 0.1) is 3.57 Å². The Hall–Kier alpha value is -1.42. The number of halogens is 3. The third kappa shape index (κ3) is 4.79. The summed E-state index contributed by atoms with van der Waals surface area (Å²) in [6.07, 6.45) is 0. The number of aromatic carboxylic acids is 1. The molecular formula is C15H9Cl2IN2O3S. The molecule has 2 aromatic rings. The molecule has 0 unspecified atom stereocenters. The second kappa shape index (κ2) is 8.11. The highest BCUT2D eigenvalue weighted by Gasteiger charge is 2.15. The van der Waals surface area contributed by atoms with Gasteiger partial charge >= 0.3 is 5.97 Å². The first kappa shape index (κ1) is 18.9. The highest BCUT2D eigenvalue weighted by Crippen LogP contribution is 2.29. The fourth-order valence-corrected chi connectivity index (χ4v) is 3.02. The van der Waals surface area contributed by atoms with Gasteiger partial charge in [-0.3, -0.25) is 10.1 Å². The van der Waals surface area contributed by atoms with Crippen molar-refractivity contribution in [2.24, 2.45) is 0 Å². The Balaban J connectivity index is 2.14. The van der Waals surface area contributed by atoms with E-state index in [9.17, 15) is 9.59 Å². The molecule has 5 nitrogen and oxygen atoms in total. The molecule has 0 fully saturated rings. The van der Waals surface area contributed by atoms with Crippen LogP contribution >= 0.6 is 58.0 Å². The molecule has 0 bridgehead atoms. The van der Waals surface area contributed by atoms with Gasteiger partial charge in [-0.1, -0.05) is 29.3 Å². The molecule has 124 valence electrons. The van der Waals surface area contributed by atoms with Crippen molar-refractivity contribution in [1.82, 2.24) is 5.32 Å². The van der Waals surface area contributed by atoms with Crippen molar-refractivity contribution in [3.05, 3.63) is 61.1 Å². The number of amides is 1. The molecular weight excluding hydrogens is 486 g/mol. The molecule has 1 amide bonds. The summed E-state index contributed by atoms with van der Waals surface area (Å²) in [6, 6.07) is 9.50. The topological polar surface area (TPSA) is 78.4 Å². The Labute approximate surface area is 166 Å². The number of carbonyl (C=O) groups excluding carboxylic acids is 1. The third-order valence-electron chi connectivity index (χ3n) is 2.85. The van der Waals surface area contributed by atoms with Crippen LogP contribution in [-0.2, 0) is 0 Å². The van der Waals surface area contributed by atoms with Gasteiger partial charge in [-0.05, 0) is 65.1 Å². The van der Waals surface area contributed by atoms with Crippen LogP contribution in [0.5, 0.6) is 0 Å². The number of nitrogens with one attached hydrogen (secondary N) is 2. The van der Waals surface area contributed by atoms with Gasteiger partial charge in [0.25, 0.3) is 5.91 Å². The minimum absolute atomic E-state index is 0.00636. The number of carbonyl (C=O) groups is 2. The molecule has 0 radical (unpaired) electrons. The van der Waals surface area contributed by atoms with Crippen molar-refractivity contribution in [2.45, 2.75) is 0 Å². The average Bonchev–Trinajstić information content (AvgIpc) is 2.49. The van der Waals surface area contributed by atoms with Gasteiger partial charge in [-0.25, -0.2) is 4.79 Å². The predicted octanol–water partition coefficient (Wildman–Crippen LogP) is 4.42. The Morgan fingerprint density at radius 1 is 1.12 bits per heavy atom. The first-order valence-electron chi connectivity index (χ1n) is 6.38. The molecule has 9 heteroatoms. The van der Waals surface area contributed by atoms with Crippen LogP contribution in [0.15, 0.2) is 36.4 Å². The predicted molar refractivity (Wildman–Crippen MR) is 106 cm³/mol. The van der Waals surface area contributed by atoms with Crippen molar-refractivity contribution in [3.8, 4) is 0 Å². The van der Waals surface area contributed by atoms with E-state index in [0.717, 1.165) is 3.57 Å². The third-order valence-corrected chi connectivity index (χ3v) is 4.35. The molecule has 0 aliphatic heterocycles. The highest BCUT2D eigenvalue weighted by molar-refractivity contribution is 14.1. The molecule has 0 saturated carbocycles. The van der Waals surface area contributed by atoms with Gasteiger partial charge in [0, 0.05) is 9.13 Å². The summed E-state index contributed by atoms with van der Waals surface area (Å²) in [7, 11) is 0. The maximum Gasteiger partial charge on any atom is 0.337 e. The van der Waals surface area contributed by atoms with Gasteiger partial charge in [0.1, 0.15) is 0 Å². The normalized spacial score (nSPS) is 10.1. The summed E-state index contributed by atoms with van der Waals surface area (Å²) in [5.74, 6) is -1.59. The second-order valence-electron chi connectivity index (χ2n) is 4.54. The van der Waals surface area contributed by atoms with Crippen LogP contribution in [0.25, 0.3) is 0 Å². The summed E-state index contributed by atoms with van der Waals surface area (Å²) >= 11 is 19.0. The van der Waals surface area contributed by atoms with Gasteiger partial charge < -0.3 is 10.4 Å². The van der Waals surface area contributed by atoms with Crippen molar-refractivity contribution < 1.29 is 14.7 Å². The number of rotatable bonds is 3. The zero-order valence-corrected chi connectivity index (χ0v) is 16.3. The molecule has 3 N–H and O–H groups in total. The van der Waals surface area contributed by atoms with Crippen molar-refractivity contribution in [2.75, 3.05) is 5.32 Å². The Kier molecular flexibility index (Phi) is 6.39. The van der Waals surface area contributed by atoms with Gasteiger partial charge in [0.2, 0.25) is 0 Å². The molecule has 2 aromatic carbocycles. The second-order valence-corrected chi connectivity index (χ2v) is 7.00. The average molecular weight is 495 g/mol. The number of anilines is 1. The van der Waals surface area contributed by atoms with E-state index in [2.05, 4.69) is 33.2 Å². The summed E-state index contributed by atoms with van der Waals surface area (Å²) in [6.45, 7) is 0. The van der Waals surface area contributed by atoms with E-state index in [0.29, 0.717) is 5.56 Å². The largest absolute Gasteiger partial charge is 0.478 e. The van der Waals surface area contributed by atoms with E-state index in [-0.39, 0.29) is 26.4 Å². The molecule has 0 aliphatic carbocycles. The van der Waals surface area contributed by atoms with E-state index < -0.39 is 11.9 Å². The smallest absolute Gasteiger partial charge is 0.337 e. The Morgan fingerprint density at radius 2 is 1.83 bits per heavy atom. The maximum absolute atomic E-state index is 12.1. The quantitative estimate of drug-likeness (QED) is 0.434. The molecule has 0 spiro atoms. The minimum Gasteiger partial charge on any atom is -0.478 e. The van der Waals surface area contributed by atoms with E-state index in [1.54, 1.807) is 18.2 Å². The number of carboxylic acid groups (broad SMARTS) is 1. The Bertz CT molecular complexity index is 845. The fraction of sp³-hybridized carbons (Fsp3) is 0. The van der Waals surface area contributed by atoms with Crippen molar-refractivity contribution >= 4 is 80.7 Å². The summed E-state index contributed by atoms with van der Waals surface area (Å²) < 4.78 is 0.908. The van der Waals surface area contributed by atoms with Crippen LogP contribution in [-0.4, -0.2) is 22.1 Å². The monoisotopic (exact) mass is 494 g/mol. The van der Waals surface area contributed by atoms with Crippen molar-refractivity contribution in [3.63, 3.8) is 0 Å². The minimum atomic E-state index is -1.20. The SMILES string of the molecule is O=C(NC(=S)Nc1cc(C(=O)O)c(Cl)cc1Cl)c1cccc(I)c1. The molecule has 0 aliphatic rings. The van der Waals surface area contributed by atoms with Crippen LogP contribution in [0.1, 0.15) is 20.7 Å². The van der Waals surface area contributed by atoms with Crippen LogP contribution in [0.2, 0.25) is 10.0 Å². The maximum atomic E-state index is 12.1. The number of carboxylic acids is 1. The standard InChI is InChI=1S/C15H9Cl2IN2O3S/c16-10-6-11(17)12(5-9(10)14(22)23)19-15(24)20-13(21)7-2-1-3-8(18)4-7/h1-6H,(H,22,23)(H2,19,20,21,24). The first-order chi connectivity index (χ1) is 11.3. The van der Waals surface area contributed by atoms with E-state index in [1.165, 1.54) is 12.1 Å². The molecule has 24 heavy (non-hydrogen) atoms. The fourth-order valence-electron chi connectivity index (χ4n) is 1.77. The van der Waals surface area contributed by atoms with Crippen LogP contribution < -0.4 is 10.6 Å². The van der Waals surface area contributed by atoms with Gasteiger partial charge in [-0.15, -0.1) is 0 Å². The number of thiocarbonyl (C=S) groups is 1. The molecule has 2 rings (SSSR count). The summed E-state index contributed by atoms with van der Waals surface area (Å²) in [4.78, 5) is 23.2. The van der Waals surface area contributed by atoms with Gasteiger partial charge in [-0.2, -0.15) is 0 Å². The lowest BCUT2D eigenvalue weighted by Gasteiger charge is -2.12. The summed E-state index contributed by atoms with van der Waals surface area (Å²) in [5.41, 5.74) is 0.543. The lowest BCUT2D eigenvalue weighted by molar-refractivity contribution is 0.0697. The van der Waals surface area contributed by atoms with Gasteiger partial charge in [0.15, 0.2) is 5.11 Å². The summed E-state index contributed by atoms with van der Waals surface area (Å²) in [5, 5.41) is 14.4. The lowest BCUT2D eigenvalue weighted by Crippen LogP contribution is -2.34. The van der Waals surface area contributed by atoms with E-state index in [1.807, 2.05) is 6.07 Å². The Morgan fingerprint density at radius 3 is 2.46 bits per heavy atom. The van der Waals surface area contributed by atoms with Gasteiger partial charge in [0.05, 0.1) is 21.3 Å². The molecule has 0 atom stereocenters. The highest BCUT2D eigenvalue weighted by atomic mass is 127. The number of hydrogen-bond acceptors (Lipinski definition) is 3. The molecule has 0 aromatic heterocycles. The van der Waals surface area contributed by atoms with E-state index >= 15 is 0 Å². The zero-order chi connectivity index (χ0) is 17.9. The van der Waals surface area contributed by atoms with Crippen LogP contribution in [0.4, 0.5) is 5.69 Å². The molecule has 0 heterocycles. The van der Waals surface area contributed by atoms with Crippen molar-refractivity contribution in [1.29, 1.82) is 0 Å². The zero-order valence-electron chi connectivity index (χ0n) is 11.8. The lowest BCUT2D eigenvalue weighted by atomic mass is 10.2. The van der Waals surface area contributed by atoms with E-state index in [4.69, 9.17) is 40.5 Å². The van der Waals surface area contributed by atoms with Crippen LogP contribution in [0.3, 0.4) is 0 Å². The first-order valence-corrected chi connectivity index (χ1v) is 8.62. The molecule has 0 saturated heterocycles.